The van der Waals surface area contributed by atoms with Crippen LogP contribution >= 0.6 is 11.3 Å². The van der Waals surface area contributed by atoms with Crippen LogP contribution < -0.4 is 4.72 Å². The van der Waals surface area contributed by atoms with Crippen LogP contribution in [0.25, 0.3) is 0 Å². The number of thiophene rings is 1. The normalized spacial score (nSPS) is 13.0. The monoisotopic (exact) mass is 400 g/mol. The van der Waals surface area contributed by atoms with E-state index in [1.54, 1.807) is 6.92 Å². The fourth-order valence-corrected chi connectivity index (χ4v) is 4.31. The van der Waals surface area contributed by atoms with Gasteiger partial charge in [0, 0.05) is 11.4 Å². The summed E-state index contributed by atoms with van der Waals surface area (Å²) in [4.78, 5) is 14.5. The topological polar surface area (TPSA) is 75.7 Å². The number of hydrogen-bond acceptors (Lipinski definition) is 6. The number of benzene rings is 1. The van der Waals surface area contributed by atoms with E-state index in [-0.39, 0.29) is 24.1 Å². The highest BCUT2D eigenvalue weighted by Gasteiger charge is 2.23. The van der Waals surface area contributed by atoms with Crippen LogP contribution in [0.5, 0.6) is 0 Å². The molecule has 0 amide bonds. The fourth-order valence-electron chi connectivity index (χ4n) is 2.33. The van der Waals surface area contributed by atoms with Crippen molar-refractivity contribution in [2.45, 2.75) is 17.9 Å². The lowest BCUT2D eigenvalue weighted by molar-refractivity contribution is 0.0520. The van der Waals surface area contributed by atoms with Crippen LogP contribution in [0.1, 0.15) is 28.2 Å². The molecule has 142 valence electrons. The van der Waals surface area contributed by atoms with Gasteiger partial charge < -0.3 is 9.64 Å². The Labute approximate surface area is 156 Å². The lowest BCUT2D eigenvalue weighted by Gasteiger charge is -2.23. The van der Waals surface area contributed by atoms with Gasteiger partial charge in [-0.3, -0.25) is 0 Å². The molecule has 1 aromatic carbocycles. The van der Waals surface area contributed by atoms with E-state index in [4.69, 9.17) is 4.74 Å². The number of carbonyl (C=O) groups excluding carboxylic acids is 1. The van der Waals surface area contributed by atoms with Crippen LogP contribution in [0.4, 0.5) is 4.39 Å². The highest BCUT2D eigenvalue weighted by Crippen LogP contribution is 2.23. The van der Waals surface area contributed by atoms with E-state index in [1.165, 1.54) is 11.3 Å². The third-order valence-corrected chi connectivity index (χ3v) is 6.10. The van der Waals surface area contributed by atoms with E-state index in [2.05, 4.69) is 4.72 Å². The van der Waals surface area contributed by atoms with Crippen molar-refractivity contribution < 1.29 is 22.3 Å². The highest BCUT2D eigenvalue weighted by atomic mass is 32.2. The second kappa shape index (κ2) is 8.72. The minimum atomic E-state index is -3.91. The number of likely N-dealkylation sites (N-methyl/N-ethyl adjacent to an activating group) is 1. The Morgan fingerprint density at radius 2 is 2.08 bits per heavy atom. The number of nitrogens with zero attached hydrogens (tertiary/aromatic N) is 1. The number of ether oxygens (including phenoxy) is 1. The van der Waals surface area contributed by atoms with Crippen molar-refractivity contribution >= 4 is 27.3 Å². The number of carbonyl (C=O) groups is 1. The lowest BCUT2D eigenvalue weighted by Crippen LogP contribution is -2.34. The van der Waals surface area contributed by atoms with Gasteiger partial charge in [-0.2, -0.15) is 0 Å². The maximum Gasteiger partial charge on any atom is 0.341 e. The van der Waals surface area contributed by atoms with E-state index in [0.29, 0.717) is 0 Å². The van der Waals surface area contributed by atoms with Gasteiger partial charge in [0.05, 0.1) is 23.1 Å². The predicted octanol–water partition coefficient (Wildman–Crippen LogP) is 2.65. The van der Waals surface area contributed by atoms with Gasteiger partial charge in [0.1, 0.15) is 5.82 Å². The summed E-state index contributed by atoms with van der Waals surface area (Å²) in [5, 5.41) is 1.92. The number of nitrogens with one attached hydrogen (secondary N) is 1. The number of sulfonamides is 1. The van der Waals surface area contributed by atoms with Crippen molar-refractivity contribution in [1.82, 2.24) is 9.62 Å². The van der Waals surface area contributed by atoms with Gasteiger partial charge >= 0.3 is 5.97 Å². The van der Waals surface area contributed by atoms with Crippen molar-refractivity contribution in [3.05, 3.63) is 52.0 Å². The average Bonchev–Trinajstić information content (AvgIpc) is 3.09. The molecular formula is C17H21FN2O4S2. The van der Waals surface area contributed by atoms with Crippen LogP contribution in [-0.2, 0) is 14.8 Å². The van der Waals surface area contributed by atoms with E-state index in [9.17, 15) is 17.6 Å². The zero-order chi connectivity index (χ0) is 19.3. The number of esters is 1. The number of hydrogen-bond donors (Lipinski definition) is 1. The average molecular weight is 400 g/mol. The standard InChI is InChI=1S/C17H21FN2O4S2/c1-4-24-17(21)13-10-12(7-8-14(13)18)26(22,23)19-11-15(20(2)3)16-6-5-9-25-16/h5-10,15,19H,4,11H2,1-3H3. The second-order valence-corrected chi connectivity index (χ2v) is 8.46. The minimum absolute atomic E-state index is 0.0683. The minimum Gasteiger partial charge on any atom is -0.462 e. The van der Waals surface area contributed by atoms with E-state index < -0.39 is 27.4 Å². The first kappa shape index (κ1) is 20.5. The van der Waals surface area contributed by atoms with Gasteiger partial charge in [-0.05, 0) is 50.7 Å². The zero-order valence-corrected chi connectivity index (χ0v) is 16.4. The molecule has 1 N–H and O–H groups in total. The summed E-state index contributed by atoms with van der Waals surface area (Å²) in [7, 11) is -0.201. The maximum absolute atomic E-state index is 13.8. The number of halogens is 1. The molecule has 0 bridgehead atoms. The Morgan fingerprint density at radius 3 is 2.65 bits per heavy atom. The summed E-state index contributed by atoms with van der Waals surface area (Å²) in [6.45, 7) is 1.80. The first-order valence-corrected chi connectivity index (χ1v) is 10.3. The summed E-state index contributed by atoms with van der Waals surface area (Å²) in [5.74, 6) is -1.72. The third-order valence-electron chi connectivity index (χ3n) is 3.71. The van der Waals surface area contributed by atoms with Crippen LogP contribution in [0, 0.1) is 5.82 Å². The molecule has 0 radical (unpaired) electrons. The second-order valence-electron chi connectivity index (χ2n) is 5.71. The van der Waals surface area contributed by atoms with Gasteiger partial charge in [-0.15, -0.1) is 11.3 Å². The first-order chi connectivity index (χ1) is 12.3. The third kappa shape index (κ3) is 4.88. The fraction of sp³-hybridized carbons (Fsp3) is 0.353. The molecule has 0 saturated heterocycles. The molecule has 6 nitrogen and oxygen atoms in total. The Kier molecular flexibility index (Phi) is 6.87. The predicted molar refractivity (Wildman–Crippen MR) is 98.3 cm³/mol. The van der Waals surface area contributed by atoms with Crippen LogP contribution in [0.2, 0.25) is 0 Å². The molecule has 0 saturated carbocycles. The molecule has 0 aliphatic carbocycles. The lowest BCUT2D eigenvalue weighted by atomic mass is 10.2. The van der Waals surface area contributed by atoms with Crippen molar-refractivity contribution in [2.24, 2.45) is 0 Å². The Morgan fingerprint density at radius 1 is 1.35 bits per heavy atom. The zero-order valence-electron chi connectivity index (χ0n) is 14.7. The Hall–Kier alpha value is -1.81. The van der Waals surface area contributed by atoms with E-state index in [1.807, 2.05) is 36.5 Å². The molecule has 0 spiro atoms. The quantitative estimate of drug-likeness (QED) is 0.690. The van der Waals surface area contributed by atoms with Gasteiger partial charge in [0.15, 0.2) is 0 Å². The summed E-state index contributed by atoms with van der Waals surface area (Å²) >= 11 is 1.53. The van der Waals surface area contributed by atoms with Gasteiger partial charge in [-0.25, -0.2) is 22.3 Å². The molecule has 0 aliphatic heterocycles. The van der Waals surface area contributed by atoms with Crippen LogP contribution in [0.15, 0.2) is 40.6 Å². The molecule has 26 heavy (non-hydrogen) atoms. The molecule has 1 aromatic heterocycles. The smallest absolute Gasteiger partial charge is 0.341 e. The summed E-state index contributed by atoms with van der Waals surface area (Å²) in [6, 6.07) is 6.75. The van der Waals surface area contributed by atoms with E-state index >= 15 is 0 Å². The van der Waals surface area contributed by atoms with Crippen molar-refractivity contribution in [3.8, 4) is 0 Å². The molecule has 1 heterocycles. The van der Waals surface area contributed by atoms with Crippen molar-refractivity contribution in [1.29, 1.82) is 0 Å². The molecule has 1 unspecified atom stereocenters. The molecule has 0 aliphatic rings. The molecular weight excluding hydrogens is 379 g/mol. The molecule has 9 heteroatoms. The SMILES string of the molecule is CCOC(=O)c1cc(S(=O)(=O)NCC(c2cccs2)N(C)C)ccc1F. The first-order valence-electron chi connectivity index (χ1n) is 7.92. The summed E-state index contributed by atoms with van der Waals surface area (Å²) < 4.78 is 46.2. The maximum atomic E-state index is 13.8. The van der Waals surface area contributed by atoms with Crippen LogP contribution in [-0.4, -0.2) is 46.5 Å². The van der Waals surface area contributed by atoms with Gasteiger partial charge in [-0.1, -0.05) is 6.07 Å². The van der Waals surface area contributed by atoms with Gasteiger partial charge in [0.2, 0.25) is 10.0 Å². The summed E-state index contributed by atoms with van der Waals surface area (Å²) in [6.07, 6.45) is 0. The summed E-state index contributed by atoms with van der Waals surface area (Å²) in [5.41, 5.74) is -0.405. The largest absolute Gasteiger partial charge is 0.462 e. The Bertz CT molecular complexity index is 852. The van der Waals surface area contributed by atoms with Crippen molar-refractivity contribution in [2.75, 3.05) is 27.2 Å². The van der Waals surface area contributed by atoms with E-state index in [0.717, 1.165) is 23.1 Å². The van der Waals surface area contributed by atoms with Crippen LogP contribution in [0.3, 0.4) is 0 Å². The molecule has 2 rings (SSSR count). The number of rotatable bonds is 8. The van der Waals surface area contributed by atoms with Crippen molar-refractivity contribution in [3.63, 3.8) is 0 Å². The molecule has 2 aromatic rings. The highest BCUT2D eigenvalue weighted by molar-refractivity contribution is 7.89. The van der Waals surface area contributed by atoms with Gasteiger partial charge in [0.25, 0.3) is 0 Å². The Balaban J connectivity index is 2.22. The molecule has 1 atom stereocenters. The molecule has 0 fully saturated rings.